The van der Waals surface area contributed by atoms with E-state index in [-0.39, 0.29) is 0 Å². The average molecular weight is 123 g/mol. The van der Waals surface area contributed by atoms with Crippen LogP contribution in [0.5, 0.6) is 0 Å². The van der Waals surface area contributed by atoms with Crippen LogP contribution in [-0.2, 0) is 9.78 Å². The minimum Gasteiger partial charge on any atom is -0.189 e. The molecule has 9 heavy (non-hydrogen) atoms. The van der Waals surface area contributed by atoms with Crippen LogP contribution in [-0.4, -0.2) is 5.79 Å². The fourth-order valence-corrected chi connectivity index (χ4v) is 0.862. The molecule has 1 radical (unpaired) electrons. The Morgan fingerprint density at radius 2 is 2.11 bits per heavy atom. The van der Waals surface area contributed by atoms with Gasteiger partial charge in [-0.25, -0.2) is 0 Å². The molecule has 1 heterocycles. The molecule has 0 atom stereocenters. The van der Waals surface area contributed by atoms with E-state index in [2.05, 4.69) is 0 Å². The Kier molecular flexibility index (Phi) is 0.845. The van der Waals surface area contributed by atoms with E-state index in [1.165, 1.54) is 0 Å². The van der Waals surface area contributed by atoms with Crippen molar-refractivity contribution < 1.29 is 9.78 Å². The van der Waals surface area contributed by atoms with Crippen LogP contribution in [0, 0.1) is 6.42 Å². The van der Waals surface area contributed by atoms with Crippen LogP contribution in [0.2, 0.25) is 0 Å². The molecule has 2 aliphatic rings. The molecule has 2 heteroatoms. The molecule has 47 valence electrons. The minimum atomic E-state index is -0.464. The van der Waals surface area contributed by atoms with Gasteiger partial charge in [0.05, 0.1) is 6.42 Å². The molecule has 0 aromatic heterocycles. The molecule has 2 rings (SSSR count). The highest BCUT2D eigenvalue weighted by atomic mass is 17.4. The topological polar surface area (TPSA) is 25.1 Å². The summed E-state index contributed by atoms with van der Waals surface area (Å²) in [6, 6.07) is 0. The van der Waals surface area contributed by atoms with Gasteiger partial charge in [0.15, 0.2) is 0 Å². The molecule has 0 unspecified atom stereocenters. The third-order valence-corrected chi connectivity index (χ3v) is 1.59. The second-order valence-electron chi connectivity index (χ2n) is 2.24. The van der Waals surface area contributed by atoms with Crippen molar-refractivity contribution >= 4 is 0 Å². The largest absolute Gasteiger partial charge is 0.262 e. The first kappa shape index (κ1) is 5.21. The number of rotatable bonds is 0. The summed E-state index contributed by atoms with van der Waals surface area (Å²) in [7, 11) is 0. The second kappa shape index (κ2) is 1.46. The summed E-state index contributed by atoms with van der Waals surface area (Å²) in [6.45, 7) is 1.98. The second-order valence-corrected chi connectivity index (χ2v) is 2.24. The Bertz CT molecular complexity index is 187. The van der Waals surface area contributed by atoms with Crippen LogP contribution in [0.25, 0.3) is 0 Å². The first-order valence-corrected chi connectivity index (χ1v) is 2.90. The quantitative estimate of drug-likeness (QED) is 0.359. The summed E-state index contributed by atoms with van der Waals surface area (Å²) in [6.07, 6.45) is 7.75. The molecule has 0 N–H and O–H groups in total. The summed E-state index contributed by atoms with van der Waals surface area (Å²) >= 11 is 0. The van der Waals surface area contributed by atoms with Crippen LogP contribution in [0.15, 0.2) is 23.8 Å². The fraction of sp³-hybridized carbons (Fsp3) is 0.286. The van der Waals surface area contributed by atoms with E-state index >= 15 is 0 Å². The average Bonchev–Trinajstić information content (AvgIpc) is 2.60. The molecule has 1 aliphatic carbocycles. The van der Waals surface area contributed by atoms with Crippen molar-refractivity contribution in [2.24, 2.45) is 0 Å². The number of hydrogen-bond donors (Lipinski definition) is 0. The van der Waals surface area contributed by atoms with Gasteiger partial charge in [-0.2, -0.15) is 9.78 Å². The molecule has 1 saturated heterocycles. The molecule has 0 amide bonds. The summed E-state index contributed by atoms with van der Waals surface area (Å²) in [4.78, 5) is 9.55. The smallest absolute Gasteiger partial charge is 0.189 e. The zero-order valence-electron chi connectivity index (χ0n) is 5.13. The molecular formula is C7H7O2. The molecule has 2 nitrogen and oxygen atoms in total. The predicted molar refractivity (Wildman–Crippen MR) is 32.1 cm³/mol. The van der Waals surface area contributed by atoms with E-state index in [4.69, 9.17) is 9.78 Å². The lowest BCUT2D eigenvalue weighted by atomic mass is 10.0. The van der Waals surface area contributed by atoms with Gasteiger partial charge >= 0.3 is 0 Å². The lowest BCUT2D eigenvalue weighted by Crippen LogP contribution is -2.13. The van der Waals surface area contributed by atoms with Gasteiger partial charge in [0.2, 0.25) is 0 Å². The fourth-order valence-electron chi connectivity index (χ4n) is 0.862. The highest BCUT2D eigenvalue weighted by Crippen LogP contribution is 2.41. The molecule has 1 spiro atoms. The molecular weight excluding hydrogens is 116 g/mol. The van der Waals surface area contributed by atoms with E-state index < -0.39 is 5.79 Å². The lowest BCUT2D eigenvalue weighted by molar-refractivity contribution is 0.0850. The molecule has 0 bridgehead atoms. The van der Waals surface area contributed by atoms with Crippen molar-refractivity contribution in [1.29, 1.82) is 0 Å². The van der Waals surface area contributed by atoms with Crippen molar-refractivity contribution in [2.75, 3.05) is 0 Å². The van der Waals surface area contributed by atoms with Crippen molar-refractivity contribution in [3.8, 4) is 0 Å². The Balaban J connectivity index is 2.29. The van der Waals surface area contributed by atoms with Crippen LogP contribution in [0.3, 0.4) is 0 Å². The highest BCUT2D eigenvalue weighted by Gasteiger charge is 2.50. The minimum absolute atomic E-state index is 0.464. The third kappa shape index (κ3) is 0.637. The van der Waals surface area contributed by atoms with Crippen LogP contribution < -0.4 is 0 Å². The summed E-state index contributed by atoms with van der Waals surface area (Å²) in [5, 5.41) is 0. The van der Waals surface area contributed by atoms with Crippen molar-refractivity contribution in [3.05, 3.63) is 30.2 Å². The summed E-state index contributed by atoms with van der Waals surface area (Å²) in [5.74, 6) is -0.464. The Morgan fingerprint density at radius 1 is 1.33 bits per heavy atom. The molecule has 0 aromatic carbocycles. The van der Waals surface area contributed by atoms with E-state index in [9.17, 15) is 0 Å². The first-order chi connectivity index (χ1) is 4.33. The first-order valence-electron chi connectivity index (χ1n) is 2.90. The summed E-state index contributed by atoms with van der Waals surface area (Å²) in [5.41, 5.74) is 1.10. The van der Waals surface area contributed by atoms with Crippen molar-refractivity contribution in [2.45, 2.75) is 12.7 Å². The Morgan fingerprint density at radius 3 is 2.56 bits per heavy atom. The van der Waals surface area contributed by atoms with Gasteiger partial charge < -0.3 is 0 Å². The molecule has 0 aromatic rings. The normalized spacial score (nSPS) is 28.3. The molecule has 1 aliphatic heterocycles. The van der Waals surface area contributed by atoms with Crippen molar-refractivity contribution in [3.63, 3.8) is 0 Å². The van der Waals surface area contributed by atoms with E-state index in [0.29, 0.717) is 0 Å². The van der Waals surface area contributed by atoms with Crippen LogP contribution in [0.4, 0.5) is 0 Å². The Hall–Kier alpha value is -0.600. The zero-order chi connectivity index (χ0) is 6.32. The lowest BCUT2D eigenvalue weighted by Gasteiger charge is -2.06. The van der Waals surface area contributed by atoms with Gasteiger partial charge in [0.1, 0.15) is 0 Å². The third-order valence-electron chi connectivity index (χ3n) is 1.59. The molecule has 0 saturated carbocycles. The maximum Gasteiger partial charge on any atom is 0.262 e. The Labute approximate surface area is 53.7 Å². The number of allylic oxidation sites excluding steroid dienone is 2. The monoisotopic (exact) mass is 123 g/mol. The van der Waals surface area contributed by atoms with Crippen LogP contribution >= 0.6 is 0 Å². The van der Waals surface area contributed by atoms with E-state index in [1.807, 2.05) is 31.6 Å². The van der Waals surface area contributed by atoms with Crippen LogP contribution in [0.1, 0.15) is 6.92 Å². The summed E-state index contributed by atoms with van der Waals surface area (Å²) < 4.78 is 0. The van der Waals surface area contributed by atoms with Gasteiger partial charge in [0, 0.05) is 0 Å². The van der Waals surface area contributed by atoms with Gasteiger partial charge in [-0.3, -0.25) is 0 Å². The van der Waals surface area contributed by atoms with E-state index in [0.717, 1.165) is 5.57 Å². The van der Waals surface area contributed by atoms with Gasteiger partial charge in [-0.05, 0) is 12.5 Å². The maximum absolute atomic E-state index is 4.77. The van der Waals surface area contributed by atoms with Gasteiger partial charge in [0.25, 0.3) is 5.79 Å². The molecule has 1 fully saturated rings. The standard InChI is InChI=1S/C7H7O2/c1-6-4-2-3-5-7(6)8-9-7/h2-5H,1H3. The van der Waals surface area contributed by atoms with Crippen molar-refractivity contribution in [1.82, 2.24) is 0 Å². The van der Waals surface area contributed by atoms with E-state index in [1.54, 1.807) is 0 Å². The van der Waals surface area contributed by atoms with Gasteiger partial charge in [-0.1, -0.05) is 18.2 Å². The highest BCUT2D eigenvalue weighted by molar-refractivity contribution is 5.32. The zero-order valence-corrected chi connectivity index (χ0v) is 5.13. The number of hydrogen-bond acceptors (Lipinski definition) is 2. The van der Waals surface area contributed by atoms with Gasteiger partial charge in [-0.15, -0.1) is 0 Å². The SMILES string of the molecule is CC1=CC=C[CH]C12OO2. The predicted octanol–water partition coefficient (Wildman–Crippen LogP) is 1.36. The maximum atomic E-state index is 4.77.